The van der Waals surface area contributed by atoms with Gasteiger partial charge in [0.15, 0.2) is 0 Å². The Balaban J connectivity index is 2.18. The number of hydrogen-bond donors (Lipinski definition) is 2. The lowest BCUT2D eigenvalue weighted by Crippen LogP contribution is -2.22. The van der Waals surface area contributed by atoms with Gasteiger partial charge in [-0.2, -0.15) is 0 Å². The largest absolute Gasteiger partial charge is 0.330 e. The molecule has 1 aliphatic rings. The van der Waals surface area contributed by atoms with E-state index in [1.807, 2.05) is 0 Å². The van der Waals surface area contributed by atoms with Gasteiger partial charge in [-0.25, -0.2) is 0 Å². The standard InChI is InChI=1S/C13H19BrN2/c14-12-3-1-10(2-4-12)13-6-8-16-7-5-11(13)9-15/h1-4,11,13,16H,5-9,15H2. The van der Waals surface area contributed by atoms with Gasteiger partial charge in [-0.05, 0) is 62.0 Å². The molecule has 2 unspecified atom stereocenters. The molecule has 1 aromatic carbocycles. The van der Waals surface area contributed by atoms with Gasteiger partial charge in [0.1, 0.15) is 0 Å². The fourth-order valence-electron chi connectivity index (χ4n) is 2.54. The number of rotatable bonds is 2. The zero-order valence-electron chi connectivity index (χ0n) is 9.45. The second-order valence-electron chi connectivity index (χ2n) is 4.48. The van der Waals surface area contributed by atoms with E-state index in [1.165, 1.54) is 18.4 Å². The third-order valence-corrected chi connectivity index (χ3v) is 4.02. The third kappa shape index (κ3) is 2.84. The van der Waals surface area contributed by atoms with Crippen LogP contribution < -0.4 is 11.1 Å². The Morgan fingerprint density at radius 2 is 1.88 bits per heavy atom. The number of nitrogens with one attached hydrogen (secondary N) is 1. The molecule has 2 atom stereocenters. The summed E-state index contributed by atoms with van der Waals surface area (Å²) in [5.41, 5.74) is 7.33. The van der Waals surface area contributed by atoms with Gasteiger partial charge in [0, 0.05) is 4.47 Å². The Kier molecular flexibility index (Phi) is 4.38. The van der Waals surface area contributed by atoms with Crippen LogP contribution in [0.15, 0.2) is 28.7 Å². The lowest BCUT2D eigenvalue weighted by molar-refractivity contribution is 0.419. The van der Waals surface area contributed by atoms with Crippen LogP contribution in [0.4, 0.5) is 0 Å². The van der Waals surface area contributed by atoms with Crippen molar-refractivity contribution in [3.05, 3.63) is 34.3 Å². The minimum absolute atomic E-state index is 0.619. The van der Waals surface area contributed by atoms with E-state index < -0.39 is 0 Å². The molecule has 1 fully saturated rings. The van der Waals surface area contributed by atoms with Crippen LogP contribution in [0.1, 0.15) is 24.3 Å². The molecule has 0 saturated carbocycles. The van der Waals surface area contributed by atoms with Crippen molar-refractivity contribution < 1.29 is 0 Å². The lowest BCUT2D eigenvalue weighted by Gasteiger charge is -2.23. The van der Waals surface area contributed by atoms with E-state index in [0.29, 0.717) is 11.8 Å². The number of nitrogens with two attached hydrogens (primary N) is 1. The molecule has 3 N–H and O–H groups in total. The van der Waals surface area contributed by atoms with Crippen LogP contribution in [0.3, 0.4) is 0 Å². The maximum Gasteiger partial charge on any atom is 0.0175 e. The zero-order valence-corrected chi connectivity index (χ0v) is 11.0. The molecule has 2 rings (SSSR count). The Labute approximate surface area is 106 Å². The molecule has 1 saturated heterocycles. The first kappa shape index (κ1) is 12.1. The molecule has 16 heavy (non-hydrogen) atoms. The fourth-order valence-corrected chi connectivity index (χ4v) is 2.80. The molecule has 2 nitrogen and oxygen atoms in total. The van der Waals surface area contributed by atoms with Crippen LogP contribution in [0.5, 0.6) is 0 Å². The Morgan fingerprint density at radius 3 is 2.56 bits per heavy atom. The smallest absolute Gasteiger partial charge is 0.0175 e. The highest BCUT2D eigenvalue weighted by molar-refractivity contribution is 9.10. The summed E-state index contributed by atoms with van der Waals surface area (Å²) < 4.78 is 1.15. The van der Waals surface area contributed by atoms with Crippen molar-refractivity contribution in [1.82, 2.24) is 5.32 Å². The van der Waals surface area contributed by atoms with E-state index in [-0.39, 0.29) is 0 Å². The molecule has 0 radical (unpaired) electrons. The Hall–Kier alpha value is -0.380. The van der Waals surface area contributed by atoms with Gasteiger partial charge in [0.25, 0.3) is 0 Å². The molecule has 88 valence electrons. The summed E-state index contributed by atoms with van der Waals surface area (Å²) in [6.07, 6.45) is 2.39. The van der Waals surface area contributed by atoms with Crippen molar-refractivity contribution in [2.24, 2.45) is 11.7 Å². The maximum absolute atomic E-state index is 5.89. The average Bonchev–Trinajstić information content (AvgIpc) is 2.55. The predicted octanol–water partition coefficient (Wildman–Crippen LogP) is 2.49. The molecule has 1 aliphatic heterocycles. The monoisotopic (exact) mass is 282 g/mol. The van der Waals surface area contributed by atoms with Crippen molar-refractivity contribution >= 4 is 15.9 Å². The summed E-state index contributed by atoms with van der Waals surface area (Å²) in [6.45, 7) is 3.01. The van der Waals surface area contributed by atoms with Crippen LogP contribution in [0, 0.1) is 5.92 Å². The third-order valence-electron chi connectivity index (χ3n) is 3.49. The van der Waals surface area contributed by atoms with Gasteiger partial charge in [-0.1, -0.05) is 28.1 Å². The van der Waals surface area contributed by atoms with Gasteiger partial charge in [-0.15, -0.1) is 0 Å². The van der Waals surface area contributed by atoms with Crippen molar-refractivity contribution in [2.75, 3.05) is 19.6 Å². The summed E-state index contributed by atoms with van der Waals surface area (Å²) in [7, 11) is 0. The molecule has 0 bridgehead atoms. The summed E-state index contributed by atoms with van der Waals surface area (Å²) in [5, 5.41) is 3.46. The van der Waals surface area contributed by atoms with E-state index in [4.69, 9.17) is 5.73 Å². The molecule has 0 spiro atoms. The first-order valence-corrected chi connectivity index (χ1v) is 6.77. The topological polar surface area (TPSA) is 38.0 Å². The van der Waals surface area contributed by atoms with Crippen LogP contribution in [-0.4, -0.2) is 19.6 Å². The van der Waals surface area contributed by atoms with Crippen LogP contribution >= 0.6 is 15.9 Å². The minimum Gasteiger partial charge on any atom is -0.330 e. The molecule has 0 amide bonds. The quantitative estimate of drug-likeness (QED) is 0.875. The summed E-state index contributed by atoms with van der Waals surface area (Å²) >= 11 is 3.48. The van der Waals surface area contributed by atoms with Crippen molar-refractivity contribution in [2.45, 2.75) is 18.8 Å². The van der Waals surface area contributed by atoms with Gasteiger partial charge in [0.05, 0.1) is 0 Å². The Bertz CT molecular complexity index is 323. The molecular formula is C13H19BrN2. The van der Waals surface area contributed by atoms with Gasteiger partial charge in [0.2, 0.25) is 0 Å². The maximum atomic E-state index is 5.89. The second-order valence-corrected chi connectivity index (χ2v) is 5.40. The molecule has 3 heteroatoms. The molecule has 1 heterocycles. The molecule has 1 aromatic rings. The van der Waals surface area contributed by atoms with E-state index in [1.54, 1.807) is 0 Å². The van der Waals surface area contributed by atoms with Crippen molar-refractivity contribution in [3.63, 3.8) is 0 Å². The highest BCUT2D eigenvalue weighted by Gasteiger charge is 2.23. The van der Waals surface area contributed by atoms with E-state index >= 15 is 0 Å². The average molecular weight is 283 g/mol. The molecular weight excluding hydrogens is 264 g/mol. The van der Waals surface area contributed by atoms with E-state index in [0.717, 1.165) is 24.1 Å². The SMILES string of the molecule is NCC1CCNCCC1c1ccc(Br)cc1. The molecule has 0 aromatic heterocycles. The highest BCUT2D eigenvalue weighted by atomic mass is 79.9. The lowest BCUT2D eigenvalue weighted by atomic mass is 9.82. The summed E-state index contributed by atoms with van der Waals surface area (Å²) in [5.74, 6) is 1.24. The summed E-state index contributed by atoms with van der Waals surface area (Å²) in [4.78, 5) is 0. The van der Waals surface area contributed by atoms with Crippen LogP contribution in [0.25, 0.3) is 0 Å². The number of halogens is 1. The normalized spacial score (nSPS) is 26.4. The Morgan fingerprint density at radius 1 is 1.19 bits per heavy atom. The van der Waals surface area contributed by atoms with Crippen LogP contribution in [0.2, 0.25) is 0 Å². The second kappa shape index (κ2) is 5.80. The van der Waals surface area contributed by atoms with Gasteiger partial charge in [-0.3, -0.25) is 0 Å². The van der Waals surface area contributed by atoms with E-state index in [9.17, 15) is 0 Å². The van der Waals surface area contributed by atoms with E-state index in [2.05, 4.69) is 45.5 Å². The fraction of sp³-hybridized carbons (Fsp3) is 0.538. The van der Waals surface area contributed by atoms with Crippen LogP contribution in [-0.2, 0) is 0 Å². The molecule has 0 aliphatic carbocycles. The first-order chi connectivity index (χ1) is 7.81. The summed E-state index contributed by atoms with van der Waals surface area (Å²) in [6, 6.07) is 8.70. The number of hydrogen-bond acceptors (Lipinski definition) is 2. The van der Waals surface area contributed by atoms with Gasteiger partial charge < -0.3 is 11.1 Å². The highest BCUT2D eigenvalue weighted by Crippen LogP contribution is 2.31. The van der Waals surface area contributed by atoms with Crippen molar-refractivity contribution in [1.29, 1.82) is 0 Å². The zero-order chi connectivity index (χ0) is 11.4. The minimum atomic E-state index is 0.619. The predicted molar refractivity (Wildman–Crippen MR) is 71.5 cm³/mol. The van der Waals surface area contributed by atoms with Crippen molar-refractivity contribution in [3.8, 4) is 0 Å². The first-order valence-electron chi connectivity index (χ1n) is 5.97. The number of benzene rings is 1. The van der Waals surface area contributed by atoms with Gasteiger partial charge >= 0.3 is 0 Å².